The van der Waals surface area contributed by atoms with Gasteiger partial charge in [-0.1, -0.05) is 24.3 Å². The molecule has 0 unspecified atom stereocenters. The van der Waals surface area contributed by atoms with Gasteiger partial charge in [-0.15, -0.1) is 0 Å². The van der Waals surface area contributed by atoms with Crippen LogP contribution in [0.1, 0.15) is 25.0 Å². The predicted octanol–water partition coefficient (Wildman–Crippen LogP) is 1.54. The Labute approximate surface area is 95.0 Å². The Morgan fingerprint density at radius 2 is 1.67 bits per heavy atom. The summed E-state index contributed by atoms with van der Waals surface area (Å²) in [4.78, 5) is 0. The average Bonchev–Trinajstić information content (AvgIpc) is 2.19. The first-order valence-electron chi connectivity index (χ1n) is 5.48. The summed E-state index contributed by atoms with van der Waals surface area (Å²) in [5.41, 5.74) is 1.92. The van der Waals surface area contributed by atoms with Gasteiger partial charge in [-0.05, 0) is 26.3 Å². The summed E-state index contributed by atoms with van der Waals surface area (Å²) in [6, 6.07) is 8.26. The van der Waals surface area contributed by atoms with E-state index in [0.29, 0.717) is 13.2 Å². The zero-order valence-corrected chi connectivity index (χ0v) is 12.0. The summed E-state index contributed by atoms with van der Waals surface area (Å²) in [6.45, 7) is 7.46. The lowest BCUT2D eigenvalue weighted by molar-refractivity contribution is -0.180. The van der Waals surface area contributed by atoms with Gasteiger partial charge in [0.05, 0.1) is 10.2 Å². The van der Waals surface area contributed by atoms with Crippen LogP contribution in [0.4, 0.5) is 0 Å². The lowest BCUT2D eigenvalue weighted by Crippen LogP contribution is -2.34. The van der Waals surface area contributed by atoms with Crippen molar-refractivity contribution in [3.05, 3.63) is 35.4 Å². The highest BCUT2D eigenvalue weighted by atomic mass is 28.1. The monoisotopic (exact) mass is 224 g/mol. The molecule has 0 aromatic heterocycles. The maximum atomic E-state index is 5.78. The zero-order chi connectivity index (χ0) is 11.3. The first kappa shape index (κ1) is 12.4. The van der Waals surface area contributed by atoms with Crippen LogP contribution >= 0.6 is 0 Å². The van der Waals surface area contributed by atoms with Gasteiger partial charge in [-0.3, -0.25) is 0 Å². The molecule has 0 aliphatic rings. The van der Waals surface area contributed by atoms with E-state index in [2.05, 4.69) is 19.1 Å². The highest BCUT2D eigenvalue weighted by Crippen LogP contribution is 2.26. The standard InChI is InChI=1S/C12H20O2Si/c1-4-13-12(15,14-5-2)11-9-7-6-8-10(11)3/h6-9H,4-5H2,1-3,15H3. The molecule has 0 saturated heterocycles. The van der Waals surface area contributed by atoms with Crippen LogP contribution in [0.25, 0.3) is 0 Å². The summed E-state index contributed by atoms with van der Waals surface area (Å²) in [5.74, 6) is 0. The van der Waals surface area contributed by atoms with Crippen LogP contribution in [-0.4, -0.2) is 23.5 Å². The minimum Gasteiger partial charge on any atom is -0.351 e. The number of ether oxygens (including phenoxy) is 2. The Morgan fingerprint density at radius 3 is 2.13 bits per heavy atom. The van der Waals surface area contributed by atoms with Crippen molar-refractivity contribution < 1.29 is 9.47 Å². The maximum Gasteiger partial charge on any atom is 0.166 e. The van der Waals surface area contributed by atoms with Gasteiger partial charge in [0.25, 0.3) is 0 Å². The molecular weight excluding hydrogens is 204 g/mol. The van der Waals surface area contributed by atoms with E-state index < -0.39 is 5.41 Å². The minimum atomic E-state index is -0.477. The largest absolute Gasteiger partial charge is 0.351 e. The number of hydrogen-bond acceptors (Lipinski definition) is 2. The molecule has 0 N–H and O–H groups in total. The Bertz CT molecular complexity index is 306. The Kier molecular flexibility index (Phi) is 4.51. The Balaban J connectivity index is 3.03. The van der Waals surface area contributed by atoms with E-state index in [1.165, 1.54) is 11.1 Å². The van der Waals surface area contributed by atoms with Gasteiger partial charge in [0.1, 0.15) is 0 Å². The highest BCUT2D eigenvalue weighted by molar-refractivity contribution is 6.13. The fourth-order valence-electron chi connectivity index (χ4n) is 1.83. The molecule has 84 valence electrons. The van der Waals surface area contributed by atoms with Crippen molar-refractivity contribution in [3.8, 4) is 0 Å². The fourth-order valence-corrected chi connectivity index (χ4v) is 2.97. The molecule has 1 aromatic rings. The van der Waals surface area contributed by atoms with Crippen molar-refractivity contribution in [1.82, 2.24) is 0 Å². The topological polar surface area (TPSA) is 18.5 Å². The molecular formula is C12H20O2Si. The molecule has 0 amide bonds. The molecule has 0 spiro atoms. The van der Waals surface area contributed by atoms with Crippen molar-refractivity contribution in [2.45, 2.75) is 26.2 Å². The summed E-state index contributed by atoms with van der Waals surface area (Å²) < 4.78 is 11.6. The van der Waals surface area contributed by atoms with Crippen LogP contribution in [0.5, 0.6) is 0 Å². The van der Waals surface area contributed by atoms with Crippen molar-refractivity contribution in [3.63, 3.8) is 0 Å². The lowest BCUT2D eigenvalue weighted by atomic mass is 10.1. The molecule has 2 nitrogen and oxygen atoms in total. The third-order valence-corrected chi connectivity index (χ3v) is 3.59. The van der Waals surface area contributed by atoms with E-state index in [-0.39, 0.29) is 0 Å². The SMILES string of the molecule is CCOC([SiH3])(OCC)c1ccccc1C. The molecule has 0 fully saturated rings. The second kappa shape index (κ2) is 5.44. The van der Waals surface area contributed by atoms with Crippen LogP contribution in [-0.2, 0) is 14.9 Å². The van der Waals surface area contributed by atoms with E-state index in [4.69, 9.17) is 9.47 Å². The molecule has 1 rings (SSSR count). The predicted molar refractivity (Wildman–Crippen MR) is 66.0 cm³/mol. The van der Waals surface area contributed by atoms with E-state index >= 15 is 0 Å². The zero-order valence-electron chi connectivity index (χ0n) is 10.0. The normalized spacial score (nSPS) is 11.9. The lowest BCUT2D eigenvalue weighted by Gasteiger charge is -2.31. The van der Waals surface area contributed by atoms with E-state index in [1.807, 2.05) is 26.0 Å². The van der Waals surface area contributed by atoms with Gasteiger partial charge >= 0.3 is 0 Å². The Morgan fingerprint density at radius 1 is 1.13 bits per heavy atom. The molecule has 15 heavy (non-hydrogen) atoms. The van der Waals surface area contributed by atoms with Crippen LogP contribution < -0.4 is 0 Å². The first-order valence-corrected chi connectivity index (χ1v) is 6.48. The Hall–Kier alpha value is -0.643. The van der Waals surface area contributed by atoms with E-state index in [0.717, 1.165) is 10.2 Å². The first-order chi connectivity index (χ1) is 7.14. The fraction of sp³-hybridized carbons (Fsp3) is 0.500. The highest BCUT2D eigenvalue weighted by Gasteiger charge is 2.28. The molecule has 0 atom stereocenters. The summed E-state index contributed by atoms with van der Waals surface area (Å²) in [5, 5.41) is 0. The smallest absolute Gasteiger partial charge is 0.166 e. The quantitative estimate of drug-likeness (QED) is 0.558. The number of hydrogen-bond donors (Lipinski definition) is 0. The molecule has 0 aliphatic carbocycles. The molecule has 0 saturated carbocycles. The summed E-state index contributed by atoms with van der Waals surface area (Å²) in [7, 11) is 0.829. The van der Waals surface area contributed by atoms with E-state index in [9.17, 15) is 0 Å². The van der Waals surface area contributed by atoms with Crippen LogP contribution in [0, 0.1) is 6.92 Å². The van der Waals surface area contributed by atoms with Crippen molar-refractivity contribution in [2.75, 3.05) is 13.2 Å². The molecule has 0 bridgehead atoms. The second-order valence-corrected chi connectivity index (χ2v) is 4.94. The number of aryl methyl sites for hydroxylation is 1. The van der Waals surface area contributed by atoms with E-state index in [1.54, 1.807) is 0 Å². The van der Waals surface area contributed by atoms with Gasteiger partial charge in [0.15, 0.2) is 5.41 Å². The molecule has 0 radical (unpaired) electrons. The van der Waals surface area contributed by atoms with Crippen LogP contribution in [0.2, 0.25) is 0 Å². The third kappa shape index (κ3) is 2.90. The average molecular weight is 224 g/mol. The maximum absolute atomic E-state index is 5.78. The number of rotatable bonds is 5. The van der Waals surface area contributed by atoms with Crippen LogP contribution in [0.15, 0.2) is 24.3 Å². The second-order valence-electron chi connectivity index (χ2n) is 3.63. The molecule has 0 aliphatic heterocycles. The van der Waals surface area contributed by atoms with Gasteiger partial charge in [0.2, 0.25) is 0 Å². The summed E-state index contributed by atoms with van der Waals surface area (Å²) >= 11 is 0. The van der Waals surface area contributed by atoms with Gasteiger partial charge in [0, 0.05) is 18.8 Å². The van der Waals surface area contributed by atoms with Crippen molar-refractivity contribution >= 4 is 10.2 Å². The summed E-state index contributed by atoms with van der Waals surface area (Å²) in [6.07, 6.45) is 0. The van der Waals surface area contributed by atoms with Crippen LogP contribution in [0.3, 0.4) is 0 Å². The van der Waals surface area contributed by atoms with Gasteiger partial charge < -0.3 is 9.47 Å². The van der Waals surface area contributed by atoms with Gasteiger partial charge in [-0.2, -0.15) is 0 Å². The molecule has 0 heterocycles. The van der Waals surface area contributed by atoms with Crippen molar-refractivity contribution in [1.29, 1.82) is 0 Å². The third-order valence-electron chi connectivity index (χ3n) is 2.47. The minimum absolute atomic E-state index is 0.477. The van der Waals surface area contributed by atoms with Crippen molar-refractivity contribution in [2.24, 2.45) is 0 Å². The molecule has 1 aromatic carbocycles. The van der Waals surface area contributed by atoms with Gasteiger partial charge in [-0.25, -0.2) is 0 Å². The molecule has 3 heteroatoms. The number of benzene rings is 1.